The van der Waals surface area contributed by atoms with E-state index in [2.05, 4.69) is 0 Å². The van der Waals surface area contributed by atoms with Crippen molar-refractivity contribution in [3.05, 3.63) is 11.6 Å². The number of rotatable bonds is 3. The Morgan fingerprint density at radius 2 is 1.73 bits per heavy atom. The maximum Gasteiger partial charge on any atom is 0.259 e. The monoisotopic (exact) mass is 211 g/mol. The van der Waals surface area contributed by atoms with Crippen LogP contribution in [0.3, 0.4) is 0 Å². The second-order valence-electron chi connectivity index (χ2n) is 4.40. The lowest BCUT2D eigenvalue weighted by Gasteiger charge is -2.21. The summed E-state index contributed by atoms with van der Waals surface area (Å²) in [7, 11) is 0. The third-order valence-electron chi connectivity index (χ3n) is 2.45. The highest BCUT2D eigenvalue weighted by atomic mass is 16.3. The number of aliphatic hydroxyl groups excluding tert-OH is 1. The Morgan fingerprint density at radius 3 is 2.07 bits per heavy atom. The Hall–Kier alpha value is -1.16. The van der Waals surface area contributed by atoms with Gasteiger partial charge in [0.25, 0.3) is 11.8 Å². The smallest absolute Gasteiger partial charge is 0.259 e. The number of carbonyl (C=O) groups excluding carboxylic acids is 2. The second-order valence-corrected chi connectivity index (χ2v) is 4.40. The third kappa shape index (κ3) is 2.09. The van der Waals surface area contributed by atoms with Crippen LogP contribution in [-0.4, -0.2) is 34.0 Å². The molecule has 1 rings (SSSR count). The lowest BCUT2D eigenvalue weighted by molar-refractivity contribution is -0.139. The zero-order valence-electron chi connectivity index (χ0n) is 9.52. The molecule has 0 saturated heterocycles. The number of hydrogen-bond donors (Lipinski definition) is 1. The lowest BCUT2D eigenvalue weighted by atomic mass is 9.99. The molecule has 4 heteroatoms. The standard InChI is InChI=1S/C11H17NO3/c1-6(2)10(14)8-5-9(13)12(7(3)4)11(8)15/h5-7,10,14H,1-4H3. The first kappa shape index (κ1) is 11.9. The van der Waals surface area contributed by atoms with Crippen molar-refractivity contribution in [1.29, 1.82) is 0 Å². The minimum absolute atomic E-state index is 0.0693. The molecule has 0 fully saturated rings. The topological polar surface area (TPSA) is 57.6 Å². The van der Waals surface area contributed by atoms with E-state index in [1.54, 1.807) is 27.7 Å². The SMILES string of the molecule is CC(C)C(O)C1=CC(=O)N(C(C)C)C1=O. The highest BCUT2D eigenvalue weighted by Crippen LogP contribution is 2.22. The van der Waals surface area contributed by atoms with Crippen LogP contribution in [0.2, 0.25) is 0 Å². The van der Waals surface area contributed by atoms with Crippen LogP contribution in [0.1, 0.15) is 27.7 Å². The number of aliphatic hydroxyl groups is 1. The summed E-state index contributed by atoms with van der Waals surface area (Å²) in [5.74, 6) is -0.763. The molecule has 0 aromatic heterocycles. The van der Waals surface area contributed by atoms with E-state index in [-0.39, 0.29) is 29.3 Å². The molecule has 1 N–H and O–H groups in total. The van der Waals surface area contributed by atoms with E-state index in [1.165, 1.54) is 11.0 Å². The molecule has 1 heterocycles. The number of carbonyl (C=O) groups is 2. The summed E-state index contributed by atoms with van der Waals surface area (Å²) >= 11 is 0. The minimum Gasteiger partial charge on any atom is -0.388 e. The Morgan fingerprint density at radius 1 is 1.20 bits per heavy atom. The van der Waals surface area contributed by atoms with E-state index in [9.17, 15) is 14.7 Å². The average Bonchev–Trinajstić information content (AvgIpc) is 2.40. The number of hydrogen-bond acceptors (Lipinski definition) is 3. The largest absolute Gasteiger partial charge is 0.388 e. The van der Waals surface area contributed by atoms with E-state index in [1.807, 2.05) is 0 Å². The van der Waals surface area contributed by atoms with Crippen molar-refractivity contribution in [2.24, 2.45) is 5.92 Å². The van der Waals surface area contributed by atoms with Crippen molar-refractivity contribution in [3.8, 4) is 0 Å². The molecule has 0 aromatic carbocycles. The van der Waals surface area contributed by atoms with Crippen LogP contribution in [0.25, 0.3) is 0 Å². The molecule has 0 aromatic rings. The summed E-state index contributed by atoms with van der Waals surface area (Å²) in [5, 5.41) is 9.75. The highest BCUT2D eigenvalue weighted by molar-refractivity contribution is 6.16. The van der Waals surface area contributed by atoms with Gasteiger partial charge < -0.3 is 5.11 Å². The van der Waals surface area contributed by atoms with Crippen molar-refractivity contribution in [2.45, 2.75) is 39.8 Å². The molecule has 1 aliphatic heterocycles. The molecule has 15 heavy (non-hydrogen) atoms. The fourth-order valence-corrected chi connectivity index (χ4v) is 1.56. The zero-order chi connectivity index (χ0) is 11.7. The van der Waals surface area contributed by atoms with Crippen LogP contribution < -0.4 is 0 Å². The fourth-order valence-electron chi connectivity index (χ4n) is 1.56. The predicted octanol–water partition coefficient (Wildman–Crippen LogP) is 0.707. The van der Waals surface area contributed by atoms with Gasteiger partial charge >= 0.3 is 0 Å². The third-order valence-corrected chi connectivity index (χ3v) is 2.45. The molecular formula is C11H17NO3. The van der Waals surface area contributed by atoms with Gasteiger partial charge in [0.2, 0.25) is 0 Å². The van der Waals surface area contributed by atoms with E-state index in [0.717, 1.165) is 0 Å². The van der Waals surface area contributed by atoms with Gasteiger partial charge in [0.05, 0.1) is 11.7 Å². The van der Waals surface area contributed by atoms with Gasteiger partial charge in [-0.3, -0.25) is 14.5 Å². The van der Waals surface area contributed by atoms with E-state index < -0.39 is 6.10 Å². The first-order valence-electron chi connectivity index (χ1n) is 5.13. The lowest BCUT2D eigenvalue weighted by Crippen LogP contribution is -2.38. The second kappa shape index (κ2) is 4.14. The Bertz CT molecular complexity index is 318. The fraction of sp³-hybridized carbons (Fsp3) is 0.636. The molecule has 4 nitrogen and oxygen atoms in total. The molecule has 0 bridgehead atoms. The zero-order valence-corrected chi connectivity index (χ0v) is 9.52. The number of nitrogens with zero attached hydrogens (tertiary/aromatic N) is 1. The minimum atomic E-state index is -0.856. The van der Waals surface area contributed by atoms with Crippen molar-refractivity contribution in [1.82, 2.24) is 4.90 Å². The first-order chi connectivity index (χ1) is 6.86. The van der Waals surface area contributed by atoms with Gasteiger partial charge in [0.1, 0.15) is 0 Å². The van der Waals surface area contributed by atoms with E-state index in [4.69, 9.17) is 0 Å². The molecule has 0 spiro atoms. The summed E-state index contributed by atoms with van der Waals surface area (Å²) in [4.78, 5) is 24.4. The number of amides is 2. The molecule has 2 amide bonds. The normalized spacial score (nSPS) is 19.1. The van der Waals surface area contributed by atoms with Crippen LogP contribution >= 0.6 is 0 Å². The van der Waals surface area contributed by atoms with Gasteiger partial charge in [-0.05, 0) is 19.8 Å². The van der Waals surface area contributed by atoms with E-state index in [0.29, 0.717) is 0 Å². The Balaban J connectivity index is 2.92. The molecule has 0 aliphatic carbocycles. The van der Waals surface area contributed by atoms with Gasteiger partial charge in [-0.25, -0.2) is 0 Å². The molecule has 0 saturated carbocycles. The molecular weight excluding hydrogens is 194 g/mol. The average molecular weight is 211 g/mol. The van der Waals surface area contributed by atoms with E-state index >= 15 is 0 Å². The van der Waals surface area contributed by atoms with Gasteiger partial charge in [0, 0.05) is 12.1 Å². The van der Waals surface area contributed by atoms with Crippen molar-refractivity contribution < 1.29 is 14.7 Å². The maximum absolute atomic E-state index is 11.8. The van der Waals surface area contributed by atoms with Crippen molar-refractivity contribution >= 4 is 11.8 Å². The van der Waals surface area contributed by atoms with Gasteiger partial charge in [-0.1, -0.05) is 13.8 Å². The van der Waals surface area contributed by atoms with Crippen LogP contribution in [0.15, 0.2) is 11.6 Å². The van der Waals surface area contributed by atoms with Gasteiger partial charge in [0.15, 0.2) is 0 Å². The molecule has 1 atom stereocenters. The van der Waals surface area contributed by atoms with Crippen LogP contribution in [0.4, 0.5) is 0 Å². The maximum atomic E-state index is 11.8. The summed E-state index contributed by atoms with van der Waals surface area (Å²) in [6.45, 7) is 7.16. The predicted molar refractivity (Wildman–Crippen MR) is 55.9 cm³/mol. The van der Waals surface area contributed by atoms with Crippen molar-refractivity contribution in [2.75, 3.05) is 0 Å². The quantitative estimate of drug-likeness (QED) is 0.699. The van der Waals surface area contributed by atoms with Crippen molar-refractivity contribution in [3.63, 3.8) is 0 Å². The van der Waals surface area contributed by atoms with Gasteiger partial charge in [-0.2, -0.15) is 0 Å². The van der Waals surface area contributed by atoms with Crippen LogP contribution in [0.5, 0.6) is 0 Å². The molecule has 84 valence electrons. The summed E-state index contributed by atoms with van der Waals surface area (Å²) < 4.78 is 0. The molecule has 1 aliphatic rings. The first-order valence-corrected chi connectivity index (χ1v) is 5.13. The summed E-state index contributed by atoms with van der Waals surface area (Å²) in [6.07, 6.45) is 0.387. The van der Waals surface area contributed by atoms with Crippen LogP contribution in [0, 0.1) is 5.92 Å². The Labute approximate surface area is 89.6 Å². The molecule has 1 unspecified atom stereocenters. The van der Waals surface area contributed by atoms with Crippen LogP contribution in [-0.2, 0) is 9.59 Å². The molecule has 0 radical (unpaired) electrons. The highest BCUT2D eigenvalue weighted by Gasteiger charge is 2.36. The summed E-state index contributed by atoms with van der Waals surface area (Å²) in [5.41, 5.74) is 0.212. The number of imide groups is 1. The van der Waals surface area contributed by atoms with Gasteiger partial charge in [-0.15, -0.1) is 0 Å². The Kier molecular flexibility index (Phi) is 3.29. The summed E-state index contributed by atoms with van der Waals surface area (Å²) in [6, 6.07) is -0.168.